The number of nitrogens with zero attached hydrogens (tertiary/aromatic N) is 3. The summed E-state index contributed by atoms with van der Waals surface area (Å²) in [5, 5.41) is 7.63. The van der Waals surface area contributed by atoms with E-state index in [0.717, 1.165) is 19.6 Å². The summed E-state index contributed by atoms with van der Waals surface area (Å²) < 4.78 is 7.42. The Morgan fingerprint density at radius 2 is 0.515 bits per heavy atom. The van der Waals surface area contributed by atoms with Gasteiger partial charge in [-0.25, -0.2) is 0 Å². The molecule has 13 aromatic rings. The van der Waals surface area contributed by atoms with E-state index < -0.39 is 0 Å². The molecule has 0 unspecified atom stereocenters. The molecule has 0 atom stereocenters. The predicted molar refractivity (Wildman–Crippen MR) is 278 cm³/mol. The molecule has 0 fully saturated rings. The molecule has 3 aromatic heterocycles. The molecule has 0 aliphatic rings. The third-order valence-corrected chi connectivity index (χ3v) is 13.8. The molecule has 10 aromatic carbocycles. The van der Waals surface area contributed by atoms with Crippen molar-refractivity contribution in [2.75, 3.05) is 0 Å². The first-order chi connectivity index (χ1) is 32.7. The monoisotopic (exact) mass is 843 g/mol. The Bertz CT molecular complexity index is 3940. The molecule has 0 bridgehead atoms. The van der Waals surface area contributed by atoms with Crippen molar-refractivity contribution in [3.8, 4) is 33.4 Å². The molecule has 0 saturated carbocycles. The van der Waals surface area contributed by atoms with Crippen LogP contribution in [0.1, 0.15) is 16.7 Å². The van der Waals surface area contributed by atoms with Crippen molar-refractivity contribution in [2.45, 2.75) is 19.6 Å². The van der Waals surface area contributed by atoms with E-state index in [1.807, 2.05) is 0 Å². The lowest BCUT2D eigenvalue weighted by atomic mass is 9.89. The highest BCUT2D eigenvalue weighted by Gasteiger charge is 2.19. The normalized spacial score (nSPS) is 11.8. The predicted octanol–water partition coefficient (Wildman–Crippen LogP) is 16.2. The Hall–Kier alpha value is -8.40. The summed E-state index contributed by atoms with van der Waals surface area (Å²) in [5.74, 6) is 0. The summed E-state index contributed by atoms with van der Waals surface area (Å²) in [7, 11) is 0. The molecule has 312 valence electrons. The van der Waals surface area contributed by atoms with Gasteiger partial charge < -0.3 is 13.7 Å². The average molecular weight is 844 g/mol. The zero-order chi connectivity index (χ0) is 43.6. The van der Waals surface area contributed by atoms with Crippen LogP contribution in [0, 0.1) is 0 Å². The maximum absolute atomic E-state index is 2.48. The molecule has 0 aliphatic heterocycles. The van der Waals surface area contributed by atoms with Gasteiger partial charge in [0.25, 0.3) is 0 Å². The van der Waals surface area contributed by atoms with Crippen molar-refractivity contribution < 1.29 is 0 Å². The largest absolute Gasteiger partial charge is 0.336 e. The van der Waals surface area contributed by atoms with Gasteiger partial charge in [-0.1, -0.05) is 176 Å². The Morgan fingerprint density at radius 1 is 0.212 bits per heavy atom. The van der Waals surface area contributed by atoms with Gasteiger partial charge in [0.05, 0.1) is 0 Å². The lowest BCUT2D eigenvalue weighted by Crippen LogP contribution is -1.99. The fourth-order valence-corrected chi connectivity index (χ4v) is 10.7. The van der Waals surface area contributed by atoms with Crippen LogP contribution in [0.4, 0.5) is 0 Å². The van der Waals surface area contributed by atoms with E-state index in [4.69, 9.17) is 0 Å². The minimum absolute atomic E-state index is 0.813. The smallest absolute Gasteiger partial charge is 0.0494 e. The fourth-order valence-electron chi connectivity index (χ4n) is 10.7. The minimum atomic E-state index is 0.813. The van der Waals surface area contributed by atoms with E-state index in [1.165, 1.54) is 115 Å². The summed E-state index contributed by atoms with van der Waals surface area (Å²) in [6, 6.07) is 87.4. The molecule has 0 amide bonds. The van der Waals surface area contributed by atoms with Crippen LogP contribution in [0.2, 0.25) is 0 Å². The first-order valence-corrected chi connectivity index (χ1v) is 23.0. The molecule has 3 nitrogen and oxygen atoms in total. The maximum atomic E-state index is 2.48. The van der Waals surface area contributed by atoms with Crippen LogP contribution < -0.4 is 0 Å². The second-order valence-corrected chi connectivity index (χ2v) is 17.7. The van der Waals surface area contributed by atoms with Gasteiger partial charge in [0.2, 0.25) is 0 Å². The van der Waals surface area contributed by atoms with Crippen molar-refractivity contribution in [1.82, 2.24) is 13.7 Å². The average Bonchev–Trinajstić information content (AvgIpc) is 3.99. The Morgan fingerprint density at radius 3 is 0.939 bits per heavy atom. The van der Waals surface area contributed by atoms with E-state index in [0.29, 0.717) is 0 Å². The maximum Gasteiger partial charge on any atom is 0.0494 e. The van der Waals surface area contributed by atoms with Gasteiger partial charge in [0.15, 0.2) is 0 Å². The molecular weight excluding hydrogens is 799 g/mol. The van der Waals surface area contributed by atoms with Crippen molar-refractivity contribution >= 4 is 65.4 Å². The molecule has 66 heavy (non-hydrogen) atoms. The summed E-state index contributed by atoms with van der Waals surface area (Å²) in [6.45, 7) is 2.45. The van der Waals surface area contributed by atoms with Crippen molar-refractivity contribution in [1.29, 1.82) is 0 Å². The van der Waals surface area contributed by atoms with Crippen LogP contribution in [-0.4, -0.2) is 13.7 Å². The highest BCUT2D eigenvalue weighted by molar-refractivity contribution is 6.12. The summed E-state index contributed by atoms with van der Waals surface area (Å²) in [6.07, 6.45) is 0. The van der Waals surface area contributed by atoms with Crippen LogP contribution in [-0.2, 0) is 19.6 Å². The van der Waals surface area contributed by atoms with Crippen LogP contribution in [0.5, 0.6) is 0 Å². The summed E-state index contributed by atoms with van der Waals surface area (Å²) in [5.41, 5.74) is 18.6. The summed E-state index contributed by atoms with van der Waals surface area (Å²) in [4.78, 5) is 0. The van der Waals surface area contributed by atoms with Crippen LogP contribution in [0.3, 0.4) is 0 Å². The van der Waals surface area contributed by atoms with Gasteiger partial charge in [0, 0.05) is 85.1 Å². The molecule has 0 aliphatic carbocycles. The van der Waals surface area contributed by atoms with Gasteiger partial charge in [-0.05, 0) is 111 Å². The number of fused-ring (bicyclic) bond motifs is 9. The summed E-state index contributed by atoms with van der Waals surface area (Å²) >= 11 is 0. The number of rotatable bonds is 9. The molecule has 0 spiro atoms. The third-order valence-electron chi connectivity index (χ3n) is 13.8. The fraction of sp³-hybridized carbons (Fsp3) is 0.0476. The zero-order valence-corrected chi connectivity index (χ0v) is 36.5. The van der Waals surface area contributed by atoms with Crippen LogP contribution >= 0.6 is 0 Å². The number of para-hydroxylation sites is 3. The molecule has 0 radical (unpaired) electrons. The third kappa shape index (κ3) is 6.43. The number of hydrogen-bond acceptors (Lipinski definition) is 0. The van der Waals surface area contributed by atoms with Gasteiger partial charge in [0.1, 0.15) is 0 Å². The first-order valence-electron chi connectivity index (χ1n) is 23.0. The highest BCUT2D eigenvalue weighted by Crippen LogP contribution is 2.42. The van der Waals surface area contributed by atoms with E-state index >= 15 is 0 Å². The van der Waals surface area contributed by atoms with Crippen LogP contribution in [0.15, 0.2) is 237 Å². The topological polar surface area (TPSA) is 14.8 Å². The Balaban J connectivity index is 0.999. The zero-order valence-electron chi connectivity index (χ0n) is 36.5. The molecule has 0 N–H and O–H groups in total. The lowest BCUT2D eigenvalue weighted by Gasteiger charge is -2.15. The highest BCUT2D eigenvalue weighted by atomic mass is 15.0. The second-order valence-electron chi connectivity index (χ2n) is 17.7. The van der Waals surface area contributed by atoms with Crippen molar-refractivity contribution in [2.24, 2.45) is 0 Å². The van der Waals surface area contributed by atoms with E-state index in [-0.39, 0.29) is 0 Å². The molecule has 13 rings (SSSR count). The number of hydrogen-bond donors (Lipinski definition) is 0. The van der Waals surface area contributed by atoms with Crippen molar-refractivity contribution in [3.05, 3.63) is 253 Å². The number of benzene rings is 10. The van der Waals surface area contributed by atoms with Crippen LogP contribution in [0.25, 0.3) is 98.8 Å². The van der Waals surface area contributed by atoms with Gasteiger partial charge >= 0.3 is 0 Å². The van der Waals surface area contributed by atoms with Gasteiger partial charge in [-0.3, -0.25) is 0 Å². The molecule has 0 saturated heterocycles. The standard InChI is InChI=1S/C63H45N3/c1-4-16-43(17-5-1)40-64-58-25-13-10-22-51(58)55-37-47(29-33-61(55)64)46-28-32-50(48-30-34-62-56(38-48)52-23-11-14-26-59(52)65(62)41-44-18-6-2-7-19-44)54(36-46)49-31-35-63-57(39-49)53-24-12-15-27-60(53)66(63)42-45-20-8-3-9-21-45/h1-39H,40-42H2. The SMILES string of the molecule is c1ccc(Cn2c3ccccc3c3cc(-c4ccc(-c5ccc6c(c5)c5ccccc5n6Cc5ccccc5)c(-c5ccc6c(c5)c5ccccc5n6Cc5ccccc5)c4)ccc32)cc1. The van der Waals surface area contributed by atoms with E-state index in [9.17, 15) is 0 Å². The second kappa shape index (κ2) is 15.7. The Labute approximate surface area is 383 Å². The minimum Gasteiger partial charge on any atom is -0.336 e. The quantitative estimate of drug-likeness (QED) is 0.138. The first kappa shape index (κ1) is 38.1. The van der Waals surface area contributed by atoms with Gasteiger partial charge in [-0.15, -0.1) is 0 Å². The number of aromatic nitrogens is 3. The Kier molecular flexibility index (Phi) is 9.06. The molecule has 3 heterocycles. The lowest BCUT2D eigenvalue weighted by molar-refractivity contribution is 0.869. The molecule has 3 heteroatoms. The van der Waals surface area contributed by atoms with E-state index in [1.54, 1.807) is 0 Å². The molecular formula is C63H45N3. The van der Waals surface area contributed by atoms with Gasteiger partial charge in [-0.2, -0.15) is 0 Å². The van der Waals surface area contributed by atoms with E-state index in [2.05, 4.69) is 250 Å². The van der Waals surface area contributed by atoms with Crippen molar-refractivity contribution in [3.63, 3.8) is 0 Å².